The van der Waals surface area contributed by atoms with E-state index in [9.17, 15) is 0 Å². The van der Waals surface area contributed by atoms with Crippen LogP contribution < -0.4 is 5.32 Å². The van der Waals surface area contributed by atoms with Crippen molar-refractivity contribution in [2.75, 3.05) is 19.8 Å². The molecule has 0 spiro atoms. The maximum absolute atomic E-state index is 5.57. The summed E-state index contributed by atoms with van der Waals surface area (Å²) in [6.07, 6.45) is 6.71. The van der Waals surface area contributed by atoms with Crippen molar-refractivity contribution in [3.63, 3.8) is 0 Å². The summed E-state index contributed by atoms with van der Waals surface area (Å²) in [5.74, 6) is 1.68. The van der Waals surface area contributed by atoms with E-state index in [2.05, 4.69) is 22.8 Å². The van der Waals surface area contributed by atoms with E-state index in [1.54, 1.807) is 0 Å². The van der Waals surface area contributed by atoms with Gasteiger partial charge in [0.25, 0.3) is 0 Å². The van der Waals surface area contributed by atoms with E-state index in [1.807, 2.05) is 11.3 Å². The molecule has 2 heterocycles. The summed E-state index contributed by atoms with van der Waals surface area (Å²) in [4.78, 5) is 1.50. The Morgan fingerprint density at radius 1 is 1.33 bits per heavy atom. The zero-order valence-electron chi connectivity index (χ0n) is 10.9. The van der Waals surface area contributed by atoms with Crippen molar-refractivity contribution in [2.45, 2.75) is 38.1 Å². The molecule has 0 aromatic carbocycles. The summed E-state index contributed by atoms with van der Waals surface area (Å²) >= 11 is 1.87. The minimum Gasteiger partial charge on any atom is -0.381 e. The summed E-state index contributed by atoms with van der Waals surface area (Å²) in [7, 11) is 0. The van der Waals surface area contributed by atoms with Gasteiger partial charge in [-0.25, -0.2) is 0 Å². The molecule has 2 aliphatic rings. The fourth-order valence-corrected chi connectivity index (χ4v) is 3.88. The summed E-state index contributed by atoms with van der Waals surface area (Å²) in [6.45, 7) is 3.08. The van der Waals surface area contributed by atoms with E-state index in [0.717, 1.165) is 31.6 Å². The molecule has 2 fully saturated rings. The van der Waals surface area contributed by atoms with E-state index >= 15 is 0 Å². The van der Waals surface area contributed by atoms with Gasteiger partial charge < -0.3 is 10.1 Å². The molecule has 1 aliphatic carbocycles. The molecule has 1 saturated heterocycles. The van der Waals surface area contributed by atoms with Gasteiger partial charge in [-0.1, -0.05) is 12.5 Å². The van der Waals surface area contributed by atoms with Crippen LogP contribution in [-0.2, 0) is 11.2 Å². The third-order valence-electron chi connectivity index (χ3n) is 4.46. The Morgan fingerprint density at radius 3 is 2.89 bits per heavy atom. The molecule has 3 rings (SSSR count). The fourth-order valence-electron chi connectivity index (χ4n) is 3.17. The molecule has 1 saturated carbocycles. The van der Waals surface area contributed by atoms with E-state index in [1.165, 1.54) is 37.0 Å². The van der Waals surface area contributed by atoms with Gasteiger partial charge in [0.2, 0.25) is 0 Å². The molecule has 2 atom stereocenters. The van der Waals surface area contributed by atoms with Crippen molar-refractivity contribution >= 4 is 11.3 Å². The van der Waals surface area contributed by atoms with Crippen LogP contribution in [0.1, 0.15) is 30.6 Å². The molecule has 1 aliphatic heterocycles. The molecule has 100 valence electrons. The number of hydrogen-bond donors (Lipinski definition) is 1. The van der Waals surface area contributed by atoms with Crippen LogP contribution in [0.5, 0.6) is 0 Å². The number of hydrogen-bond acceptors (Lipinski definition) is 3. The highest BCUT2D eigenvalue weighted by molar-refractivity contribution is 7.09. The summed E-state index contributed by atoms with van der Waals surface area (Å²) < 4.78 is 5.57. The van der Waals surface area contributed by atoms with Gasteiger partial charge in [-0.2, -0.15) is 0 Å². The number of thiophene rings is 1. The highest BCUT2D eigenvalue weighted by atomic mass is 32.1. The Kier molecular flexibility index (Phi) is 4.34. The Balaban J connectivity index is 1.49. The first-order chi connectivity index (χ1) is 8.93. The summed E-state index contributed by atoms with van der Waals surface area (Å²) in [5, 5.41) is 6.00. The monoisotopic (exact) mass is 265 g/mol. The maximum Gasteiger partial charge on any atom is 0.0510 e. The van der Waals surface area contributed by atoms with Gasteiger partial charge in [0.15, 0.2) is 0 Å². The minimum atomic E-state index is 0.709. The van der Waals surface area contributed by atoms with Crippen LogP contribution in [0.2, 0.25) is 0 Å². The zero-order chi connectivity index (χ0) is 12.2. The van der Waals surface area contributed by atoms with Gasteiger partial charge in [0, 0.05) is 30.0 Å². The van der Waals surface area contributed by atoms with Crippen LogP contribution in [0.4, 0.5) is 0 Å². The van der Waals surface area contributed by atoms with Crippen molar-refractivity contribution in [1.82, 2.24) is 5.32 Å². The van der Waals surface area contributed by atoms with Crippen LogP contribution in [0.25, 0.3) is 0 Å². The lowest BCUT2D eigenvalue weighted by Crippen LogP contribution is -2.45. The van der Waals surface area contributed by atoms with Gasteiger partial charge in [-0.15, -0.1) is 11.3 Å². The second-order valence-electron chi connectivity index (χ2n) is 5.62. The molecule has 1 aromatic rings. The first kappa shape index (κ1) is 12.6. The lowest BCUT2D eigenvalue weighted by Gasteiger charge is -2.37. The number of nitrogens with one attached hydrogen (secondary N) is 1. The van der Waals surface area contributed by atoms with Crippen molar-refractivity contribution in [3.05, 3.63) is 22.4 Å². The van der Waals surface area contributed by atoms with Gasteiger partial charge in [-0.3, -0.25) is 0 Å². The molecule has 2 nitrogen and oxygen atoms in total. The molecule has 1 aromatic heterocycles. The van der Waals surface area contributed by atoms with E-state index in [-0.39, 0.29) is 0 Å². The van der Waals surface area contributed by atoms with E-state index in [4.69, 9.17) is 4.74 Å². The largest absolute Gasteiger partial charge is 0.381 e. The molecule has 2 unspecified atom stereocenters. The van der Waals surface area contributed by atoms with Crippen molar-refractivity contribution in [2.24, 2.45) is 11.8 Å². The second kappa shape index (κ2) is 6.18. The molecular weight excluding hydrogens is 242 g/mol. The Bertz CT molecular complexity index is 341. The molecular formula is C15H23NOS. The maximum atomic E-state index is 5.57. The van der Waals surface area contributed by atoms with Crippen LogP contribution in [0, 0.1) is 11.8 Å². The smallest absolute Gasteiger partial charge is 0.0510 e. The summed E-state index contributed by atoms with van der Waals surface area (Å²) in [5.41, 5.74) is 0. The van der Waals surface area contributed by atoms with Crippen LogP contribution in [-0.4, -0.2) is 25.8 Å². The highest BCUT2D eigenvalue weighted by Crippen LogP contribution is 2.35. The number of ether oxygens (including phenoxy) is 1. The third-order valence-corrected chi connectivity index (χ3v) is 5.40. The lowest BCUT2D eigenvalue weighted by molar-refractivity contribution is 0.139. The van der Waals surface area contributed by atoms with E-state index in [0.29, 0.717) is 6.04 Å². The molecule has 0 radical (unpaired) electrons. The normalized spacial score (nSPS) is 26.1. The van der Waals surface area contributed by atoms with Crippen LogP contribution in [0.15, 0.2) is 17.5 Å². The Hall–Kier alpha value is -0.380. The van der Waals surface area contributed by atoms with Gasteiger partial charge in [-0.05, 0) is 43.0 Å². The molecule has 3 heteroatoms. The van der Waals surface area contributed by atoms with Crippen LogP contribution >= 0.6 is 11.3 Å². The fraction of sp³-hybridized carbons (Fsp3) is 0.733. The Labute approximate surface area is 114 Å². The average Bonchev–Trinajstić information content (AvgIpc) is 2.98. The first-order valence-electron chi connectivity index (χ1n) is 7.27. The molecule has 0 bridgehead atoms. The van der Waals surface area contributed by atoms with Crippen LogP contribution in [0.3, 0.4) is 0 Å². The number of rotatable bonds is 6. The highest BCUT2D eigenvalue weighted by Gasteiger charge is 2.34. The Morgan fingerprint density at radius 2 is 2.28 bits per heavy atom. The lowest BCUT2D eigenvalue weighted by atomic mass is 9.74. The SMILES string of the molecule is c1csc(CCNC(C2CCC2)C2CCOC2)c1. The third kappa shape index (κ3) is 2.95. The molecule has 0 amide bonds. The van der Waals surface area contributed by atoms with E-state index < -0.39 is 0 Å². The van der Waals surface area contributed by atoms with Gasteiger partial charge in [0.1, 0.15) is 0 Å². The van der Waals surface area contributed by atoms with Crippen molar-refractivity contribution in [1.29, 1.82) is 0 Å². The zero-order valence-corrected chi connectivity index (χ0v) is 11.8. The van der Waals surface area contributed by atoms with Crippen molar-refractivity contribution in [3.8, 4) is 0 Å². The predicted molar refractivity (Wildman–Crippen MR) is 76.1 cm³/mol. The molecule has 1 N–H and O–H groups in total. The predicted octanol–water partition coefficient (Wildman–Crippen LogP) is 3.09. The standard InChI is InChI=1S/C15H23NOS/c1-3-12(4-1)15(13-7-9-17-11-13)16-8-6-14-5-2-10-18-14/h2,5,10,12-13,15-16H,1,3-4,6-9,11H2. The summed E-state index contributed by atoms with van der Waals surface area (Å²) in [6, 6.07) is 5.10. The molecule has 18 heavy (non-hydrogen) atoms. The van der Waals surface area contributed by atoms with Crippen molar-refractivity contribution < 1.29 is 4.74 Å². The quantitative estimate of drug-likeness (QED) is 0.853. The first-order valence-corrected chi connectivity index (χ1v) is 8.15. The second-order valence-corrected chi connectivity index (χ2v) is 6.66. The average molecular weight is 265 g/mol. The minimum absolute atomic E-state index is 0.709. The topological polar surface area (TPSA) is 21.3 Å². The van der Waals surface area contributed by atoms with Gasteiger partial charge >= 0.3 is 0 Å². The van der Waals surface area contributed by atoms with Gasteiger partial charge in [0.05, 0.1) is 6.61 Å².